The molecule has 1 rings (SSSR count). The SMILES string of the molecule is CCNC(CC(=O)OC)C(O)c1cc(OC)ccc1OC. The molecule has 0 radical (unpaired) electrons. The van der Waals surface area contributed by atoms with Gasteiger partial charge < -0.3 is 24.6 Å². The van der Waals surface area contributed by atoms with Gasteiger partial charge >= 0.3 is 5.97 Å². The van der Waals surface area contributed by atoms with Crippen LogP contribution in [0.15, 0.2) is 18.2 Å². The number of carbonyl (C=O) groups is 1. The van der Waals surface area contributed by atoms with E-state index in [1.165, 1.54) is 14.2 Å². The van der Waals surface area contributed by atoms with E-state index < -0.39 is 12.1 Å². The number of aliphatic hydroxyl groups is 1. The van der Waals surface area contributed by atoms with Crippen LogP contribution >= 0.6 is 0 Å². The summed E-state index contributed by atoms with van der Waals surface area (Å²) in [7, 11) is 4.40. The van der Waals surface area contributed by atoms with Crippen molar-refractivity contribution in [2.75, 3.05) is 27.9 Å². The highest BCUT2D eigenvalue weighted by Crippen LogP contribution is 2.31. The standard InChI is InChI=1S/C15H23NO5/c1-5-16-12(9-14(17)21-4)15(18)11-8-10(19-2)6-7-13(11)20-3/h6-8,12,15-16,18H,5,9H2,1-4H3. The Morgan fingerprint density at radius 1 is 1.29 bits per heavy atom. The predicted octanol–water partition coefficient (Wildman–Crippen LogP) is 1.28. The Kier molecular flexibility index (Phi) is 6.98. The maximum atomic E-state index is 11.5. The molecule has 0 saturated heterocycles. The molecule has 0 amide bonds. The molecule has 6 heteroatoms. The van der Waals surface area contributed by atoms with Gasteiger partial charge in [-0.3, -0.25) is 4.79 Å². The van der Waals surface area contributed by atoms with Crippen LogP contribution in [-0.2, 0) is 9.53 Å². The number of carbonyl (C=O) groups excluding carboxylic acids is 1. The predicted molar refractivity (Wildman–Crippen MR) is 78.6 cm³/mol. The van der Waals surface area contributed by atoms with Gasteiger partial charge in [-0.1, -0.05) is 6.92 Å². The lowest BCUT2D eigenvalue weighted by atomic mass is 9.98. The molecule has 1 aromatic carbocycles. The van der Waals surface area contributed by atoms with Crippen LogP contribution < -0.4 is 14.8 Å². The number of hydrogen-bond acceptors (Lipinski definition) is 6. The third-order valence-corrected chi connectivity index (χ3v) is 3.22. The van der Waals surface area contributed by atoms with E-state index in [0.29, 0.717) is 23.6 Å². The number of ether oxygens (including phenoxy) is 3. The average Bonchev–Trinajstić information content (AvgIpc) is 2.52. The van der Waals surface area contributed by atoms with Gasteiger partial charge in [0.05, 0.1) is 33.9 Å². The lowest BCUT2D eigenvalue weighted by molar-refractivity contribution is -0.142. The first-order valence-electron chi connectivity index (χ1n) is 6.77. The maximum absolute atomic E-state index is 11.5. The summed E-state index contributed by atoms with van der Waals surface area (Å²) in [5, 5.41) is 13.7. The number of hydrogen-bond donors (Lipinski definition) is 2. The van der Waals surface area contributed by atoms with E-state index in [1.807, 2.05) is 6.92 Å². The van der Waals surface area contributed by atoms with E-state index >= 15 is 0 Å². The monoisotopic (exact) mass is 297 g/mol. The Labute approximate surface area is 125 Å². The van der Waals surface area contributed by atoms with Gasteiger partial charge in [-0.05, 0) is 24.7 Å². The molecule has 6 nitrogen and oxygen atoms in total. The van der Waals surface area contributed by atoms with Crippen LogP contribution in [-0.4, -0.2) is 45.0 Å². The largest absolute Gasteiger partial charge is 0.497 e. The summed E-state index contributed by atoms with van der Waals surface area (Å²) in [4.78, 5) is 11.5. The molecule has 0 aliphatic rings. The summed E-state index contributed by atoms with van der Waals surface area (Å²) >= 11 is 0. The van der Waals surface area contributed by atoms with Crippen LogP contribution in [0.1, 0.15) is 25.0 Å². The summed E-state index contributed by atoms with van der Waals surface area (Å²) in [5.74, 6) is 0.760. The fraction of sp³-hybridized carbons (Fsp3) is 0.533. The Bertz CT molecular complexity index is 463. The highest BCUT2D eigenvalue weighted by atomic mass is 16.5. The van der Waals surface area contributed by atoms with Gasteiger partial charge in [0, 0.05) is 11.6 Å². The molecule has 0 saturated carbocycles. The Morgan fingerprint density at radius 2 is 2.00 bits per heavy atom. The number of benzene rings is 1. The number of rotatable bonds is 8. The second-order valence-electron chi connectivity index (χ2n) is 4.50. The van der Waals surface area contributed by atoms with Crippen LogP contribution in [0.5, 0.6) is 11.5 Å². The summed E-state index contributed by atoms with van der Waals surface area (Å²) in [5.41, 5.74) is 0.562. The van der Waals surface area contributed by atoms with Crippen molar-refractivity contribution < 1.29 is 24.1 Å². The zero-order chi connectivity index (χ0) is 15.8. The molecule has 2 unspecified atom stereocenters. The van der Waals surface area contributed by atoms with E-state index in [0.717, 1.165) is 0 Å². The summed E-state index contributed by atoms with van der Waals surface area (Å²) in [6.07, 6.45) is -0.861. The first-order valence-corrected chi connectivity index (χ1v) is 6.77. The highest BCUT2D eigenvalue weighted by Gasteiger charge is 2.26. The van der Waals surface area contributed by atoms with Gasteiger partial charge in [0.1, 0.15) is 11.5 Å². The number of likely N-dealkylation sites (N-methyl/N-ethyl adjacent to an activating group) is 1. The first-order chi connectivity index (χ1) is 10.1. The molecule has 2 atom stereocenters. The molecule has 1 aromatic rings. The third kappa shape index (κ3) is 4.61. The van der Waals surface area contributed by atoms with Crippen LogP contribution in [0.2, 0.25) is 0 Å². The normalized spacial score (nSPS) is 13.4. The summed E-state index contributed by atoms with van der Waals surface area (Å²) < 4.78 is 15.1. The lowest BCUT2D eigenvalue weighted by Gasteiger charge is -2.24. The fourth-order valence-corrected chi connectivity index (χ4v) is 2.11. The Balaban J connectivity index is 3.05. The number of aliphatic hydroxyl groups excluding tert-OH is 1. The molecular formula is C15H23NO5. The van der Waals surface area contributed by atoms with Crippen molar-refractivity contribution in [1.29, 1.82) is 0 Å². The Hall–Kier alpha value is -1.79. The number of esters is 1. The van der Waals surface area contributed by atoms with Crippen molar-refractivity contribution >= 4 is 5.97 Å². The molecule has 0 bridgehead atoms. The molecule has 0 spiro atoms. The molecule has 0 aliphatic heterocycles. The lowest BCUT2D eigenvalue weighted by Crippen LogP contribution is -2.37. The van der Waals surface area contributed by atoms with E-state index in [-0.39, 0.29) is 12.4 Å². The average molecular weight is 297 g/mol. The molecule has 0 heterocycles. The smallest absolute Gasteiger partial charge is 0.307 e. The van der Waals surface area contributed by atoms with Gasteiger partial charge in [0.25, 0.3) is 0 Å². The Morgan fingerprint density at radius 3 is 2.52 bits per heavy atom. The number of methoxy groups -OCH3 is 3. The molecule has 118 valence electrons. The molecule has 2 N–H and O–H groups in total. The maximum Gasteiger partial charge on any atom is 0.307 e. The zero-order valence-corrected chi connectivity index (χ0v) is 12.9. The molecule has 0 aromatic heterocycles. The summed E-state index contributed by atoms with van der Waals surface area (Å²) in [6.45, 7) is 2.52. The molecule has 0 fully saturated rings. The molecular weight excluding hydrogens is 274 g/mol. The van der Waals surface area contributed by atoms with Crippen molar-refractivity contribution in [1.82, 2.24) is 5.32 Å². The van der Waals surface area contributed by atoms with Crippen molar-refractivity contribution in [3.05, 3.63) is 23.8 Å². The second-order valence-corrected chi connectivity index (χ2v) is 4.50. The van der Waals surface area contributed by atoms with Crippen molar-refractivity contribution in [2.45, 2.75) is 25.5 Å². The minimum atomic E-state index is -0.922. The van der Waals surface area contributed by atoms with Gasteiger partial charge in [-0.25, -0.2) is 0 Å². The summed E-state index contributed by atoms with van der Waals surface area (Å²) in [6, 6.07) is 4.70. The third-order valence-electron chi connectivity index (χ3n) is 3.22. The zero-order valence-electron chi connectivity index (χ0n) is 12.9. The van der Waals surface area contributed by atoms with Crippen LogP contribution in [0.3, 0.4) is 0 Å². The van der Waals surface area contributed by atoms with Crippen LogP contribution in [0.25, 0.3) is 0 Å². The van der Waals surface area contributed by atoms with Gasteiger partial charge in [-0.15, -0.1) is 0 Å². The van der Waals surface area contributed by atoms with E-state index in [2.05, 4.69) is 10.1 Å². The van der Waals surface area contributed by atoms with Crippen molar-refractivity contribution in [3.63, 3.8) is 0 Å². The van der Waals surface area contributed by atoms with Crippen molar-refractivity contribution in [3.8, 4) is 11.5 Å². The van der Waals surface area contributed by atoms with Gasteiger partial charge in [-0.2, -0.15) is 0 Å². The minimum absolute atomic E-state index is 0.0614. The van der Waals surface area contributed by atoms with E-state index in [4.69, 9.17) is 9.47 Å². The minimum Gasteiger partial charge on any atom is -0.497 e. The van der Waals surface area contributed by atoms with E-state index in [1.54, 1.807) is 25.3 Å². The van der Waals surface area contributed by atoms with E-state index in [9.17, 15) is 9.90 Å². The van der Waals surface area contributed by atoms with Gasteiger partial charge in [0.15, 0.2) is 0 Å². The molecule has 0 aliphatic carbocycles. The molecule has 21 heavy (non-hydrogen) atoms. The second kappa shape index (κ2) is 8.49. The number of nitrogens with one attached hydrogen (secondary N) is 1. The highest BCUT2D eigenvalue weighted by molar-refractivity contribution is 5.70. The quantitative estimate of drug-likeness (QED) is 0.704. The van der Waals surface area contributed by atoms with Crippen molar-refractivity contribution in [2.24, 2.45) is 0 Å². The van der Waals surface area contributed by atoms with Crippen LogP contribution in [0, 0.1) is 0 Å². The van der Waals surface area contributed by atoms with Gasteiger partial charge in [0.2, 0.25) is 0 Å². The first kappa shape index (κ1) is 17.3. The fourth-order valence-electron chi connectivity index (χ4n) is 2.11. The van der Waals surface area contributed by atoms with Crippen LogP contribution in [0.4, 0.5) is 0 Å². The topological polar surface area (TPSA) is 77.0 Å².